The third-order valence-electron chi connectivity index (χ3n) is 2.23. The van der Waals surface area contributed by atoms with Gasteiger partial charge >= 0.3 is 0 Å². The van der Waals surface area contributed by atoms with Gasteiger partial charge < -0.3 is 15.2 Å². The fraction of sp³-hybridized carbons (Fsp3) is 0.727. The first-order valence-electron chi connectivity index (χ1n) is 5.70. The molecule has 1 aromatic heterocycles. The van der Waals surface area contributed by atoms with Gasteiger partial charge in [-0.15, -0.1) is 0 Å². The van der Waals surface area contributed by atoms with Gasteiger partial charge in [-0.3, -0.25) is 4.68 Å². The van der Waals surface area contributed by atoms with Gasteiger partial charge in [0.05, 0.1) is 25.5 Å². The predicted octanol–water partition coefficient (Wildman–Crippen LogP) is 0.390. The van der Waals surface area contributed by atoms with Gasteiger partial charge in [-0.1, -0.05) is 0 Å². The smallest absolute Gasteiger partial charge is 0.0671 e. The average molecular weight is 227 g/mol. The van der Waals surface area contributed by atoms with E-state index in [0.29, 0.717) is 6.54 Å². The van der Waals surface area contributed by atoms with Crippen molar-refractivity contribution < 1.29 is 9.84 Å². The largest absolute Gasteiger partial charge is 0.394 e. The summed E-state index contributed by atoms with van der Waals surface area (Å²) in [6.45, 7) is 7.07. The van der Waals surface area contributed by atoms with Crippen LogP contribution in [-0.4, -0.2) is 40.7 Å². The Morgan fingerprint density at radius 1 is 1.62 bits per heavy atom. The second-order valence-corrected chi connectivity index (χ2v) is 3.73. The number of nitrogens with zero attached hydrogens (tertiary/aromatic N) is 2. The van der Waals surface area contributed by atoms with Gasteiger partial charge in [0.1, 0.15) is 0 Å². The highest BCUT2D eigenvalue weighted by Crippen LogP contribution is 1.97. The van der Waals surface area contributed by atoms with Crippen molar-refractivity contribution in [3.8, 4) is 0 Å². The lowest BCUT2D eigenvalue weighted by Gasteiger charge is -2.11. The summed E-state index contributed by atoms with van der Waals surface area (Å²) in [4.78, 5) is 0. The van der Waals surface area contributed by atoms with Gasteiger partial charge in [-0.2, -0.15) is 5.10 Å². The number of aliphatic hydroxyl groups excluding tert-OH is 1. The van der Waals surface area contributed by atoms with Crippen LogP contribution in [0.1, 0.15) is 19.4 Å². The van der Waals surface area contributed by atoms with Crippen molar-refractivity contribution in [3.63, 3.8) is 0 Å². The minimum atomic E-state index is 0.121. The van der Waals surface area contributed by atoms with E-state index in [0.717, 1.165) is 25.3 Å². The van der Waals surface area contributed by atoms with Crippen molar-refractivity contribution >= 4 is 0 Å². The van der Waals surface area contributed by atoms with E-state index >= 15 is 0 Å². The summed E-state index contributed by atoms with van der Waals surface area (Å²) in [5.74, 6) is 0. The molecule has 5 heteroatoms. The zero-order chi connectivity index (χ0) is 11.8. The summed E-state index contributed by atoms with van der Waals surface area (Å²) < 4.78 is 7.15. The Labute approximate surface area is 96.4 Å². The fourth-order valence-electron chi connectivity index (χ4n) is 1.49. The monoisotopic (exact) mass is 227 g/mol. The molecule has 0 aliphatic carbocycles. The molecule has 16 heavy (non-hydrogen) atoms. The van der Waals surface area contributed by atoms with Crippen molar-refractivity contribution in [1.29, 1.82) is 0 Å². The normalized spacial score (nSPS) is 12.9. The molecule has 0 saturated carbocycles. The van der Waals surface area contributed by atoms with Crippen LogP contribution in [0.3, 0.4) is 0 Å². The van der Waals surface area contributed by atoms with E-state index in [-0.39, 0.29) is 12.7 Å². The summed E-state index contributed by atoms with van der Waals surface area (Å²) in [6, 6.07) is 0. The molecule has 1 unspecified atom stereocenters. The maximum Gasteiger partial charge on any atom is 0.0671 e. The van der Waals surface area contributed by atoms with E-state index in [1.54, 1.807) is 4.68 Å². The first-order valence-corrected chi connectivity index (χ1v) is 5.70. The van der Waals surface area contributed by atoms with Crippen molar-refractivity contribution in [1.82, 2.24) is 15.1 Å². The van der Waals surface area contributed by atoms with E-state index in [1.807, 2.05) is 26.2 Å². The molecule has 92 valence electrons. The Kier molecular flexibility index (Phi) is 6.07. The number of ether oxygens (including phenoxy) is 1. The zero-order valence-corrected chi connectivity index (χ0v) is 10.0. The van der Waals surface area contributed by atoms with E-state index < -0.39 is 0 Å². The molecule has 1 heterocycles. The molecule has 0 saturated heterocycles. The Morgan fingerprint density at radius 3 is 3.12 bits per heavy atom. The molecule has 1 aromatic rings. The topological polar surface area (TPSA) is 59.3 Å². The molecule has 0 spiro atoms. The van der Waals surface area contributed by atoms with Crippen LogP contribution in [0.15, 0.2) is 12.4 Å². The molecular formula is C11H21N3O2. The molecule has 0 aliphatic heterocycles. The number of hydrogen-bond acceptors (Lipinski definition) is 4. The molecule has 0 amide bonds. The van der Waals surface area contributed by atoms with Crippen LogP contribution in [0.5, 0.6) is 0 Å². The van der Waals surface area contributed by atoms with Crippen LogP contribution in [0.2, 0.25) is 0 Å². The lowest BCUT2D eigenvalue weighted by Crippen LogP contribution is -2.26. The van der Waals surface area contributed by atoms with Gasteiger partial charge in [-0.25, -0.2) is 0 Å². The Balaban J connectivity index is 2.21. The Morgan fingerprint density at radius 2 is 2.44 bits per heavy atom. The zero-order valence-electron chi connectivity index (χ0n) is 10.0. The molecule has 0 fully saturated rings. The number of hydrogen-bond donors (Lipinski definition) is 2. The summed E-state index contributed by atoms with van der Waals surface area (Å²) in [5, 5.41) is 16.2. The van der Waals surface area contributed by atoms with Crippen LogP contribution in [0.4, 0.5) is 0 Å². The van der Waals surface area contributed by atoms with Crippen molar-refractivity contribution in [3.05, 3.63) is 18.0 Å². The van der Waals surface area contributed by atoms with Crippen molar-refractivity contribution in [2.24, 2.45) is 0 Å². The van der Waals surface area contributed by atoms with Crippen molar-refractivity contribution in [2.75, 3.05) is 19.8 Å². The Hall–Kier alpha value is -0.910. The van der Waals surface area contributed by atoms with E-state index in [4.69, 9.17) is 9.84 Å². The number of nitrogens with one attached hydrogen (secondary N) is 1. The van der Waals surface area contributed by atoms with Crippen LogP contribution >= 0.6 is 0 Å². The highest BCUT2D eigenvalue weighted by Gasteiger charge is 2.01. The maximum absolute atomic E-state index is 8.74. The molecule has 5 nitrogen and oxygen atoms in total. The SMILES string of the molecule is CCOC(C)CNCc1cnn(CCO)c1. The minimum absolute atomic E-state index is 0.121. The van der Waals surface area contributed by atoms with E-state index in [9.17, 15) is 0 Å². The van der Waals surface area contributed by atoms with Crippen LogP contribution < -0.4 is 5.32 Å². The third-order valence-corrected chi connectivity index (χ3v) is 2.23. The molecule has 0 radical (unpaired) electrons. The summed E-state index contributed by atoms with van der Waals surface area (Å²) in [5.41, 5.74) is 1.12. The molecule has 1 atom stereocenters. The lowest BCUT2D eigenvalue weighted by atomic mass is 10.3. The predicted molar refractivity (Wildman–Crippen MR) is 62.1 cm³/mol. The Bertz CT molecular complexity index is 289. The standard InChI is InChI=1S/C11H21N3O2/c1-3-16-10(2)6-12-7-11-8-13-14(9-11)4-5-15/h8-10,12,15H,3-7H2,1-2H3. The fourth-order valence-corrected chi connectivity index (χ4v) is 1.49. The quantitative estimate of drug-likeness (QED) is 0.674. The second-order valence-electron chi connectivity index (χ2n) is 3.73. The minimum Gasteiger partial charge on any atom is -0.394 e. The molecular weight excluding hydrogens is 206 g/mol. The lowest BCUT2D eigenvalue weighted by molar-refractivity contribution is 0.0759. The highest BCUT2D eigenvalue weighted by atomic mass is 16.5. The first kappa shape index (κ1) is 13.2. The van der Waals surface area contributed by atoms with Crippen LogP contribution in [0.25, 0.3) is 0 Å². The molecule has 0 bridgehead atoms. The van der Waals surface area contributed by atoms with Gasteiger partial charge in [0.2, 0.25) is 0 Å². The maximum atomic E-state index is 8.74. The number of aromatic nitrogens is 2. The highest BCUT2D eigenvalue weighted by molar-refractivity contribution is 5.03. The van der Waals surface area contributed by atoms with E-state index in [1.165, 1.54) is 0 Å². The van der Waals surface area contributed by atoms with Gasteiger partial charge in [0.25, 0.3) is 0 Å². The van der Waals surface area contributed by atoms with Gasteiger partial charge in [0.15, 0.2) is 0 Å². The first-order chi connectivity index (χ1) is 7.76. The second kappa shape index (κ2) is 7.38. The number of rotatable bonds is 8. The molecule has 1 rings (SSSR count). The van der Waals surface area contributed by atoms with Gasteiger partial charge in [0, 0.05) is 31.5 Å². The van der Waals surface area contributed by atoms with Crippen molar-refractivity contribution in [2.45, 2.75) is 33.0 Å². The summed E-state index contributed by atoms with van der Waals surface area (Å²) >= 11 is 0. The third kappa shape index (κ3) is 4.74. The van der Waals surface area contributed by atoms with Gasteiger partial charge in [-0.05, 0) is 13.8 Å². The molecule has 0 aliphatic rings. The molecule has 0 aromatic carbocycles. The van der Waals surface area contributed by atoms with Crippen LogP contribution in [-0.2, 0) is 17.8 Å². The number of aliphatic hydroxyl groups is 1. The summed E-state index contributed by atoms with van der Waals surface area (Å²) in [7, 11) is 0. The molecule has 2 N–H and O–H groups in total. The summed E-state index contributed by atoms with van der Waals surface area (Å²) in [6.07, 6.45) is 3.99. The van der Waals surface area contributed by atoms with E-state index in [2.05, 4.69) is 10.4 Å². The van der Waals surface area contributed by atoms with Crippen LogP contribution in [0, 0.1) is 0 Å². The average Bonchev–Trinajstić information content (AvgIpc) is 2.67.